The summed E-state index contributed by atoms with van der Waals surface area (Å²) in [5, 5.41) is 2.82. The molecule has 1 aliphatic heterocycles. The number of aromatic nitrogens is 1. The van der Waals surface area contributed by atoms with Crippen molar-refractivity contribution < 1.29 is 18.7 Å². The van der Waals surface area contributed by atoms with E-state index >= 15 is 0 Å². The molecule has 30 heavy (non-hydrogen) atoms. The topological polar surface area (TPSA) is 71.5 Å². The van der Waals surface area contributed by atoms with Crippen molar-refractivity contribution in [3.8, 4) is 11.5 Å². The van der Waals surface area contributed by atoms with Gasteiger partial charge in [0.05, 0.1) is 18.7 Å². The van der Waals surface area contributed by atoms with Crippen LogP contribution in [-0.4, -0.2) is 23.3 Å². The van der Waals surface area contributed by atoms with Crippen molar-refractivity contribution in [1.82, 2.24) is 10.3 Å². The molecule has 1 unspecified atom stereocenters. The number of anilines is 1. The van der Waals surface area contributed by atoms with Crippen LogP contribution in [0.4, 0.5) is 10.1 Å². The first-order chi connectivity index (χ1) is 14.5. The van der Waals surface area contributed by atoms with Crippen molar-refractivity contribution in [2.45, 2.75) is 19.4 Å². The number of pyridine rings is 1. The molecule has 3 aromatic rings. The quantitative estimate of drug-likeness (QED) is 0.678. The van der Waals surface area contributed by atoms with Crippen LogP contribution in [0.2, 0.25) is 0 Å². The van der Waals surface area contributed by atoms with Crippen LogP contribution in [0.25, 0.3) is 0 Å². The Morgan fingerprint density at radius 2 is 2.07 bits per heavy atom. The third kappa shape index (κ3) is 4.15. The van der Waals surface area contributed by atoms with Gasteiger partial charge in [-0.05, 0) is 48.4 Å². The minimum Gasteiger partial charge on any atom is -0.453 e. The van der Waals surface area contributed by atoms with Crippen LogP contribution in [0.5, 0.6) is 11.5 Å². The molecule has 0 saturated heterocycles. The summed E-state index contributed by atoms with van der Waals surface area (Å²) in [7, 11) is 0. The number of rotatable bonds is 6. The fourth-order valence-corrected chi connectivity index (χ4v) is 3.41. The monoisotopic (exact) mass is 405 g/mol. The molecule has 6 nitrogen and oxygen atoms in total. The van der Waals surface area contributed by atoms with E-state index in [0.717, 1.165) is 11.3 Å². The smallest absolute Gasteiger partial charge is 0.240 e. The maximum Gasteiger partial charge on any atom is 0.240 e. The van der Waals surface area contributed by atoms with Gasteiger partial charge in [0.2, 0.25) is 11.8 Å². The molecule has 1 N–H and O–H groups in total. The Balaban J connectivity index is 1.40. The molecule has 1 aromatic heterocycles. The number of benzene rings is 2. The Kier molecular flexibility index (Phi) is 5.43. The number of para-hydroxylation sites is 1. The highest BCUT2D eigenvalue weighted by atomic mass is 19.1. The zero-order chi connectivity index (χ0) is 21.1. The number of nitrogens with one attached hydrogen (secondary N) is 1. The summed E-state index contributed by atoms with van der Waals surface area (Å²) >= 11 is 0. The molecular weight excluding hydrogens is 385 g/mol. The van der Waals surface area contributed by atoms with Gasteiger partial charge in [-0.1, -0.05) is 24.3 Å². The second-order valence-corrected chi connectivity index (χ2v) is 7.06. The summed E-state index contributed by atoms with van der Waals surface area (Å²) in [6.45, 7) is 1.68. The van der Waals surface area contributed by atoms with Crippen molar-refractivity contribution in [2.75, 3.05) is 11.4 Å². The Morgan fingerprint density at radius 1 is 1.23 bits per heavy atom. The first kappa shape index (κ1) is 19.6. The highest BCUT2D eigenvalue weighted by Crippen LogP contribution is 2.29. The Bertz CT molecular complexity index is 1090. The summed E-state index contributed by atoms with van der Waals surface area (Å²) in [5.41, 5.74) is 2.26. The van der Waals surface area contributed by atoms with Gasteiger partial charge >= 0.3 is 0 Å². The minimum atomic E-state index is -0.541. The molecule has 2 aromatic carbocycles. The highest BCUT2D eigenvalue weighted by molar-refractivity contribution is 6.04. The molecule has 0 spiro atoms. The highest BCUT2D eigenvalue weighted by Gasteiger charge is 2.28. The molecule has 1 aliphatic rings. The van der Waals surface area contributed by atoms with Gasteiger partial charge in [-0.15, -0.1) is 0 Å². The van der Waals surface area contributed by atoms with Gasteiger partial charge in [0, 0.05) is 11.9 Å². The second-order valence-electron chi connectivity index (χ2n) is 7.06. The van der Waals surface area contributed by atoms with E-state index in [0.29, 0.717) is 17.7 Å². The van der Waals surface area contributed by atoms with Gasteiger partial charge in [-0.25, -0.2) is 4.39 Å². The molecule has 0 fully saturated rings. The van der Waals surface area contributed by atoms with E-state index < -0.39 is 11.9 Å². The van der Waals surface area contributed by atoms with E-state index in [1.54, 1.807) is 31.3 Å². The van der Waals surface area contributed by atoms with Gasteiger partial charge < -0.3 is 15.0 Å². The molecule has 0 aliphatic carbocycles. The summed E-state index contributed by atoms with van der Waals surface area (Å²) in [5.74, 6) is -0.461. The number of amides is 2. The average molecular weight is 405 g/mol. The lowest BCUT2D eigenvalue weighted by atomic mass is 10.1. The van der Waals surface area contributed by atoms with Gasteiger partial charge in [0.15, 0.2) is 11.6 Å². The summed E-state index contributed by atoms with van der Waals surface area (Å²) in [6, 6.07) is 14.9. The van der Waals surface area contributed by atoms with Crippen LogP contribution in [0.15, 0.2) is 67.0 Å². The molecule has 4 rings (SSSR count). The SMILES string of the molecule is CC(NC(=O)CN1C(=O)Cc2ccccc21)c1ccc(Oc2cccnc2)c(F)c1. The first-order valence-corrected chi connectivity index (χ1v) is 9.56. The lowest BCUT2D eigenvalue weighted by Gasteiger charge is -2.20. The number of fused-ring (bicyclic) bond motifs is 1. The van der Waals surface area contributed by atoms with Crippen molar-refractivity contribution in [3.63, 3.8) is 0 Å². The van der Waals surface area contributed by atoms with Crippen LogP contribution in [0, 0.1) is 5.82 Å². The molecule has 0 bridgehead atoms. The predicted octanol–water partition coefficient (Wildman–Crippen LogP) is 3.78. The fraction of sp³-hybridized carbons (Fsp3) is 0.174. The summed E-state index contributed by atoms with van der Waals surface area (Å²) in [4.78, 5) is 30.1. The number of hydrogen-bond donors (Lipinski definition) is 1. The molecule has 0 radical (unpaired) electrons. The molecule has 2 amide bonds. The Labute approximate surface area is 173 Å². The van der Waals surface area contributed by atoms with E-state index in [1.165, 1.54) is 23.2 Å². The van der Waals surface area contributed by atoms with Gasteiger partial charge in [-0.2, -0.15) is 0 Å². The molecule has 7 heteroatoms. The number of halogens is 1. The fourth-order valence-electron chi connectivity index (χ4n) is 3.41. The van der Waals surface area contributed by atoms with Crippen molar-refractivity contribution >= 4 is 17.5 Å². The largest absolute Gasteiger partial charge is 0.453 e. The van der Waals surface area contributed by atoms with Crippen molar-refractivity contribution in [1.29, 1.82) is 0 Å². The van der Waals surface area contributed by atoms with Crippen LogP contribution in [0.1, 0.15) is 24.1 Å². The number of nitrogens with zero attached hydrogens (tertiary/aromatic N) is 2. The third-order valence-electron chi connectivity index (χ3n) is 4.92. The number of carbonyl (C=O) groups is 2. The van der Waals surface area contributed by atoms with Gasteiger partial charge in [-0.3, -0.25) is 14.6 Å². The number of hydrogen-bond acceptors (Lipinski definition) is 4. The van der Waals surface area contributed by atoms with Crippen molar-refractivity contribution in [3.05, 3.63) is 83.9 Å². The molecule has 0 saturated carbocycles. The summed E-state index contributed by atoms with van der Waals surface area (Å²) < 4.78 is 20.0. The Morgan fingerprint density at radius 3 is 2.83 bits per heavy atom. The van der Waals surface area contributed by atoms with Crippen molar-refractivity contribution in [2.24, 2.45) is 0 Å². The van der Waals surface area contributed by atoms with Crippen LogP contribution in [-0.2, 0) is 16.0 Å². The van der Waals surface area contributed by atoms with E-state index in [1.807, 2.05) is 24.3 Å². The second kappa shape index (κ2) is 8.32. The number of carbonyl (C=O) groups excluding carboxylic acids is 2. The average Bonchev–Trinajstić information content (AvgIpc) is 3.05. The predicted molar refractivity (Wildman–Crippen MR) is 110 cm³/mol. The zero-order valence-corrected chi connectivity index (χ0v) is 16.3. The molecule has 1 atom stereocenters. The zero-order valence-electron chi connectivity index (χ0n) is 16.3. The Hall–Kier alpha value is -3.74. The van der Waals surface area contributed by atoms with E-state index in [4.69, 9.17) is 4.74 Å². The number of ether oxygens (including phenoxy) is 1. The van der Waals surface area contributed by atoms with E-state index in [-0.39, 0.29) is 24.1 Å². The van der Waals surface area contributed by atoms with E-state index in [9.17, 15) is 14.0 Å². The molecular formula is C23H20FN3O3. The first-order valence-electron chi connectivity index (χ1n) is 9.56. The maximum absolute atomic E-state index is 14.5. The minimum absolute atomic E-state index is 0.0737. The molecule has 152 valence electrons. The summed E-state index contributed by atoms with van der Waals surface area (Å²) in [6.07, 6.45) is 3.39. The lowest BCUT2D eigenvalue weighted by molar-refractivity contribution is -0.123. The van der Waals surface area contributed by atoms with Crippen LogP contribution < -0.4 is 15.0 Å². The van der Waals surface area contributed by atoms with Gasteiger partial charge in [0.1, 0.15) is 12.3 Å². The van der Waals surface area contributed by atoms with E-state index in [2.05, 4.69) is 10.3 Å². The normalized spacial score (nSPS) is 13.7. The lowest BCUT2D eigenvalue weighted by Crippen LogP contribution is -2.39. The maximum atomic E-state index is 14.5. The van der Waals surface area contributed by atoms with Gasteiger partial charge in [0.25, 0.3) is 0 Å². The molecule has 2 heterocycles. The van der Waals surface area contributed by atoms with Crippen LogP contribution >= 0.6 is 0 Å². The third-order valence-corrected chi connectivity index (χ3v) is 4.92. The standard InChI is InChI=1S/C23H20FN3O3/c1-15(16-8-9-21(19(24)11-16)30-18-6-4-10-25-13-18)26-22(28)14-27-20-7-3-2-5-17(20)12-23(27)29/h2-11,13,15H,12,14H2,1H3,(H,26,28). The van der Waals surface area contributed by atoms with Crippen LogP contribution in [0.3, 0.4) is 0 Å².